The summed E-state index contributed by atoms with van der Waals surface area (Å²) in [5.41, 5.74) is 0.639. The summed E-state index contributed by atoms with van der Waals surface area (Å²) in [4.78, 5) is 16.7. The third-order valence-corrected chi connectivity index (χ3v) is 3.52. The maximum Gasteiger partial charge on any atom is 0.290 e. The number of rotatable bonds is 3. The zero-order valence-electron chi connectivity index (χ0n) is 11.6. The zero-order valence-corrected chi connectivity index (χ0v) is 11.6. The van der Waals surface area contributed by atoms with Crippen LogP contribution in [-0.2, 0) is 4.74 Å². The first-order chi connectivity index (χ1) is 10.1. The molecule has 3 rings (SSSR count). The third-order valence-electron chi connectivity index (χ3n) is 3.52. The second-order valence-electron chi connectivity index (χ2n) is 4.91. The van der Waals surface area contributed by atoms with E-state index in [2.05, 4.69) is 4.98 Å². The second kappa shape index (κ2) is 5.53. The lowest BCUT2D eigenvalue weighted by Crippen LogP contribution is -2.38. The van der Waals surface area contributed by atoms with Gasteiger partial charge >= 0.3 is 0 Å². The number of ether oxygens (including phenoxy) is 1. The van der Waals surface area contributed by atoms with Gasteiger partial charge in [0.1, 0.15) is 23.9 Å². The predicted octanol–water partition coefficient (Wildman–Crippen LogP) is 2.47. The van der Waals surface area contributed by atoms with Gasteiger partial charge in [-0.2, -0.15) is 0 Å². The van der Waals surface area contributed by atoms with Gasteiger partial charge in [0.2, 0.25) is 0 Å². The molecule has 3 heterocycles. The van der Waals surface area contributed by atoms with Crippen LogP contribution in [0.5, 0.6) is 0 Å². The first-order valence-electron chi connectivity index (χ1n) is 6.66. The van der Waals surface area contributed by atoms with Crippen molar-refractivity contribution in [3.05, 3.63) is 52.1 Å². The molecule has 7 nitrogen and oxygen atoms in total. The average molecular weight is 289 g/mol. The average Bonchev–Trinajstić information content (AvgIpc) is 3.01. The molecule has 1 saturated heterocycles. The van der Waals surface area contributed by atoms with E-state index in [0.29, 0.717) is 25.3 Å². The molecule has 1 fully saturated rings. The van der Waals surface area contributed by atoms with Gasteiger partial charge in [-0.25, -0.2) is 4.98 Å². The molecule has 1 aliphatic rings. The van der Waals surface area contributed by atoms with Crippen molar-refractivity contribution in [2.45, 2.75) is 13.0 Å². The normalized spacial score (nSPS) is 18.7. The van der Waals surface area contributed by atoms with Gasteiger partial charge in [0.25, 0.3) is 5.69 Å². The first-order valence-corrected chi connectivity index (χ1v) is 6.66. The number of nitrogens with zero attached hydrogens (tertiary/aromatic N) is 3. The molecule has 0 radical (unpaired) electrons. The van der Waals surface area contributed by atoms with Crippen LogP contribution in [-0.4, -0.2) is 29.6 Å². The number of hydrogen-bond donors (Lipinski definition) is 0. The fourth-order valence-electron chi connectivity index (χ4n) is 2.40. The topological polar surface area (TPSA) is 81.6 Å². The maximum absolute atomic E-state index is 10.8. The van der Waals surface area contributed by atoms with Crippen LogP contribution in [0.15, 0.2) is 35.1 Å². The molecule has 0 saturated carbocycles. The van der Waals surface area contributed by atoms with Crippen LogP contribution in [0.2, 0.25) is 0 Å². The van der Waals surface area contributed by atoms with Gasteiger partial charge in [-0.15, -0.1) is 0 Å². The SMILES string of the molecule is Cc1cc(N2CCOC(c3ccco3)C2)ncc1[N+](=O)[O-]. The van der Waals surface area contributed by atoms with Gasteiger partial charge in [-0.05, 0) is 25.1 Å². The monoisotopic (exact) mass is 289 g/mol. The van der Waals surface area contributed by atoms with Gasteiger partial charge < -0.3 is 14.1 Å². The number of aryl methyl sites for hydroxylation is 1. The lowest BCUT2D eigenvalue weighted by Gasteiger charge is -2.32. The van der Waals surface area contributed by atoms with Crippen molar-refractivity contribution < 1.29 is 14.1 Å². The zero-order chi connectivity index (χ0) is 14.8. The number of morpholine rings is 1. The van der Waals surface area contributed by atoms with Crippen molar-refractivity contribution in [2.75, 3.05) is 24.6 Å². The fourth-order valence-corrected chi connectivity index (χ4v) is 2.40. The number of nitro groups is 1. The molecule has 0 aromatic carbocycles. The second-order valence-corrected chi connectivity index (χ2v) is 4.91. The van der Waals surface area contributed by atoms with Crippen LogP contribution in [0, 0.1) is 17.0 Å². The van der Waals surface area contributed by atoms with Crippen molar-refractivity contribution >= 4 is 11.5 Å². The Balaban J connectivity index is 1.80. The van der Waals surface area contributed by atoms with Gasteiger partial charge in [0.15, 0.2) is 0 Å². The van der Waals surface area contributed by atoms with E-state index >= 15 is 0 Å². The Labute approximate surface area is 121 Å². The summed E-state index contributed by atoms with van der Waals surface area (Å²) >= 11 is 0. The number of anilines is 1. The van der Waals surface area contributed by atoms with E-state index in [1.165, 1.54) is 6.20 Å². The summed E-state index contributed by atoms with van der Waals surface area (Å²) in [6.07, 6.45) is 2.78. The Hall–Kier alpha value is -2.41. The molecule has 110 valence electrons. The molecule has 2 aromatic heterocycles. The molecule has 0 spiro atoms. The Kier molecular flexibility index (Phi) is 3.57. The van der Waals surface area contributed by atoms with Crippen LogP contribution >= 0.6 is 0 Å². The van der Waals surface area contributed by atoms with E-state index < -0.39 is 4.92 Å². The summed E-state index contributed by atoms with van der Waals surface area (Å²) in [6.45, 7) is 3.58. The van der Waals surface area contributed by atoms with Gasteiger partial charge in [-0.1, -0.05) is 0 Å². The first kappa shape index (κ1) is 13.6. The standard InChI is InChI=1S/C14H15N3O4/c1-10-7-14(15-8-11(10)17(18)19)16-4-6-21-13(9-16)12-3-2-5-20-12/h2-3,5,7-8,13H,4,6,9H2,1H3. The highest BCUT2D eigenvalue weighted by Gasteiger charge is 2.25. The molecular formula is C14H15N3O4. The van der Waals surface area contributed by atoms with Gasteiger partial charge in [-0.3, -0.25) is 10.1 Å². The smallest absolute Gasteiger partial charge is 0.290 e. The summed E-state index contributed by atoms with van der Waals surface area (Å²) in [6, 6.07) is 5.44. The van der Waals surface area contributed by atoms with E-state index in [-0.39, 0.29) is 11.8 Å². The Morgan fingerprint density at radius 1 is 1.52 bits per heavy atom. The minimum atomic E-state index is -0.420. The van der Waals surface area contributed by atoms with Crippen LogP contribution in [0.4, 0.5) is 11.5 Å². The van der Waals surface area contributed by atoms with E-state index in [0.717, 1.165) is 11.6 Å². The summed E-state index contributed by atoms with van der Waals surface area (Å²) in [7, 11) is 0. The summed E-state index contributed by atoms with van der Waals surface area (Å²) in [5.74, 6) is 1.50. The molecular weight excluding hydrogens is 274 g/mol. The van der Waals surface area contributed by atoms with E-state index in [9.17, 15) is 10.1 Å². The minimum absolute atomic E-state index is 0.0367. The molecule has 0 aliphatic carbocycles. The van der Waals surface area contributed by atoms with Crippen molar-refractivity contribution in [3.63, 3.8) is 0 Å². The molecule has 0 amide bonds. The molecule has 21 heavy (non-hydrogen) atoms. The Bertz CT molecular complexity index is 642. The lowest BCUT2D eigenvalue weighted by atomic mass is 10.2. The quantitative estimate of drug-likeness (QED) is 0.637. The van der Waals surface area contributed by atoms with Crippen LogP contribution in [0.25, 0.3) is 0 Å². The minimum Gasteiger partial charge on any atom is -0.467 e. The van der Waals surface area contributed by atoms with Crippen molar-refractivity contribution in [1.29, 1.82) is 0 Å². The predicted molar refractivity (Wildman–Crippen MR) is 75.2 cm³/mol. The third kappa shape index (κ3) is 2.73. The highest BCUT2D eigenvalue weighted by Crippen LogP contribution is 2.27. The van der Waals surface area contributed by atoms with Crippen molar-refractivity contribution in [1.82, 2.24) is 4.98 Å². The van der Waals surface area contributed by atoms with Crippen LogP contribution in [0.1, 0.15) is 17.4 Å². The molecule has 1 atom stereocenters. The summed E-state index contributed by atoms with van der Waals surface area (Å²) in [5, 5.41) is 10.8. The molecule has 1 aliphatic heterocycles. The van der Waals surface area contributed by atoms with Gasteiger partial charge in [0, 0.05) is 12.1 Å². The molecule has 2 aromatic rings. The van der Waals surface area contributed by atoms with E-state index in [1.807, 2.05) is 17.0 Å². The highest BCUT2D eigenvalue weighted by molar-refractivity contribution is 5.49. The van der Waals surface area contributed by atoms with Crippen molar-refractivity contribution in [3.8, 4) is 0 Å². The van der Waals surface area contributed by atoms with Crippen LogP contribution in [0.3, 0.4) is 0 Å². The fraction of sp³-hybridized carbons (Fsp3) is 0.357. The maximum atomic E-state index is 10.8. The largest absolute Gasteiger partial charge is 0.467 e. The Morgan fingerprint density at radius 2 is 2.38 bits per heavy atom. The lowest BCUT2D eigenvalue weighted by molar-refractivity contribution is -0.385. The van der Waals surface area contributed by atoms with Crippen molar-refractivity contribution in [2.24, 2.45) is 0 Å². The number of aromatic nitrogens is 1. The van der Waals surface area contributed by atoms with E-state index in [4.69, 9.17) is 9.15 Å². The highest BCUT2D eigenvalue weighted by atomic mass is 16.6. The molecule has 1 unspecified atom stereocenters. The van der Waals surface area contributed by atoms with Gasteiger partial charge in [0.05, 0.1) is 24.3 Å². The molecule has 7 heteroatoms. The van der Waals surface area contributed by atoms with E-state index in [1.54, 1.807) is 19.3 Å². The number of furan rings is 1. The molecule has 0 N–H and O–H groups in total. The number of hydrogen-bond acceptors (Lipinski definition) is 6. The summed E-state index contributed by atoms with van der Waals surface area (Å²) < 4.78 is 11.1. The molecule has 0 bridgehead atoms. The Morgan fingerprint density at radius 3 is 3.05 bits per heavy atom. The number of pyridine rings is 1. The van der Waals surface area contributed by atoms with Crippen LogP contribution < -0.4 is 4.90 Å².